The van der Waals surface area contributed by atoms with Gasteiger partial charge in [-0.25, -0.2) is 4.98 Å². The number of imidazole rings is 1. The SMILES string of the molecule is CCc1nccn1CCC(=O)NC1CCc2nnc(-c3ccccc3)n2CC1. The monoisotopic (exact) mass is 378 g/mol. The van der Waals surface area contributed by atoms with E-state index in [1.807, 2.05) is 24.4 Å². The van der Waals surface area contributed by atoms with E-state index in [1.54, 1.807) is 6.20 Å². The number of carbonyl (C=O) groups is 1. The van der Waals surface area contributed by atoms with Crippen molar-refractivity contribution in [1.82, 2.24) is 29.6 Å². The summed E-state index contributed by atoms with van der Waals surface area (Å²) < 4.78 is 4.25. The molecule has 7 nitrogen and oxygen atoms in total. The Kier molecular flexibility index (Phi) is 5.50. The van der Waals surface area contributed by atoms with Crippen LogP contribution in [0.15, 0.2) is 42.7 Å². The minimum absolute atomic E-state index is 0.0988. The molecule has 1 aliphatic heterocycles. The fourth-order valence-corrected chi connectivity index (χ4v) is 3.81. The first kappa shape index (κ1) is 18.4. The van der Waals surface area contributed by atoms with Crippen LogP contribution in [-0.4, -0.2) is 36.3 Å². The Morgan fingerprint density at radius 3 is 2.89 bits per heavy atom. The number of benzene rings is 1. The second-order valence-corrected chi connectivity index (χ2v) is 7.19. The predicted molar refractivity (Wildman–Crippen MR) is 107 cm³/mol. The smallest absolute Gasteiger partial charge is 0.222 e. The van der Waals surface area contributed by atoms with Gasteiger partial charge in [0.1, 0.15) is 11.6 Å². The zero-order valence-electron chi connectivity index (χ0n) is 16.2. The third-order valence-electron chi connectivity index (χ3n) is 5.34. The molecule has 1 amide bonds. The zero-order chi connectivity index (χ0) is 19.3. The predicted octanol–water partition coefficient (Wildman–Crippen LogP) is 2.62. The normalized spacial score (nSPS) is 16.4. The lowest BCUT2D eigenvalue weighted by atomic mass is 10.1. The van der Waals surface area contributed by atoms with E-state index in [1.165, 1.54) is 0 Å². The first-order valence-corrected chi connectivity index (χ1v) is 10.0. The minimum atomic E-state index is 0.0988. The van der Waals surface area contributed by atoms with E-state index in [9.17, 15) is 4.79 Å². The summed E-state index contributed by atoms with van der Waals surface area (Å²) >= 11 is 0. The average molecular weight is 378 g/mol. The first-order chi connectivity index (χ1) is 13.7. The number of nitrogens with zero attached hydrogens (tertiary/aromatic N) is 5. The van der Waals surface area contributed by atoms with Gasteiger partial charge in [0.2, 0.25) is 5.91 Å². The second kappa shape index (κ2) is 8.37. The average Bonchev–Trinajstić information content (AvgIpc) is 3.30. The van der Waals surface area contributed by atoms with E-state index in [0.717, 1.165) is 55.3 Å². The highest BCUT2D eigenvalue weighted by atomic mass is 16.1. The molecule has 1 N–H and O–H groups in total. The summed E-state index contributed by atoms with van der Waals surface area (Å²) in [6.07, 6.45) is 7.69. The van der Waals surface area contributed by atoms with Gasteiger partial charge in [0, 0.05) is 56.4 Å². The number of amides is 1. The summed E-state index contributed by atoms with van der Waals surface area (Å²) in [5.41, 5.74) is 1.08. The Labute approximate surface area is 164 Å². The van der Waals surface area contributed by atoms with Crippen LogP contribution in [0, 0.1) is 0 Å². The van der Waals surface area contributed by atoms with Crippen molar-refractivity contribution in [3.05, 3.63) is 54.4 Å². The molecule has 7 heteroatoms. The fourth-order valence-electron chi connectivity index (χ4n) is 3.81. The molecule has 2 aromatic heterocycles. The van der Waals surface area contributed by atoms with Gasteiger partial charge in [0.25, 0.3) is 0 Å². The van der Waals surface area contributed by atoms with Crippen molar-refractivity contribution >= 4 is 5.91 Å². The molecule has 1 aromatic carbocycles. The van der Waals surface area contributed by atoms with Crippen LogP contribution in [0.25, 0.3) is 11.4 Å². The van der Waals surface area contributed by atoms with E-state index < -0.39 is 0 Å². The van der Waals surface area contributed by atoms with Crippen LogP contribution in [0.5, 0.6) is 0 Å². The molecule has 0 spiro atoms. The minimum Gasteiger partial charge on any atom is -0.353 e. The standard InChI is InChI=1S/C21H26N6O/c1-2-18-22-12-15-26(18)13-11-20(28)23-17-8-9-19-24-25-21(27(19)14-10-17)16-6-4-3-5-7-16/h3-7,12,15,17H,2,8-11,13-14H2,1H3,(H,23,28). The van der Waals surface area contributed by atoms with Gasteiger partial charge in [-0.05, 0) is 12.8 Å². The van der Waals surface area contributed by atoms with E-state index in [2.05, 4.69) is 48.7 Å². The van der Waals surface area contributed by atoms with Crippen LogP contribution in [0.4, 0.5) is 0 Å². The summed E-state index contributed by atoms with van der Waals surface area (Å²) in [6.45, 7) is 3.57. The largest absolute Gasteiger partial charge is 0.353 e. The van der Waals surface area contributed by atoms with Crippen molar-refractivity contribution in [2.24, 2.45) is 0 Å². The first-order valence-electron chi connectivity index (χ1n) is 10.0. The molecule has 0 saturated heterocycles. The van der Waals surface area contributed by atoms with Crippen LogP contribution < -0.4 is 5.32 Å². The van der Waals surface area contributed by atoms with Gasteiger partial charge in [-0.1, -0.05) is 37.3 Å². The molecule has 3 aromatic rings. The molecular weight excluding hydrogens is 352 g/mol. The van der Waals surface area contributed by atoms with Crippen molar-refractivity contribution < 1.29 is 4.79 Å². The maximum absolute atomic E-state index is 12.4. The third-order valence-corrected chi connectivity index (χ3v) is 5.34. The molecule has 0 aliphatic carbocycles. The second-order valence-electron chi connectivity index (χ2n) is 7.19. The Bertz CT molecular complexity index is 930. The zero-order valence-corrected chi connectivity index (χ0v) is 16.2. The molecule has 1 unspecified atom stereocenters. The molecule has 0 saturated carbocycles. The van der Waals surface area contributed by atoms with Crippen molar-refractivity contribution in [1.29, 1.82) is 0 Å². The molecule has 146 valence electrons. The number of rotatable bonds is 6. The van der Waals surface area contributed by atoms with E-state index in [-0.39, 0.29) is 11.9 Å². The molecular formula is C21H26N6O. The van der Waals surface area contributed by atoms with Gasteiger partial charge in [-0.15, -0.1) is 10.2 Å². The van der Waals surface area contributed by atoms with Crippen LogP contribution in [-0.2, 0) is 30.7 Å². The molecule has 4 rings (SSSR count). The lowest BCUT2D eigenvalue weighted by molar-refractivity contribution is -0.122. The maximum Gasteiger partial charge on any atom is 0.222 e. The Morgan fingerprint density at radius 2 is 2.07 bits per heavy atom. The van der Waals surface area contributed by atoms with Gasteiger partial charge in [0.15, 0.2) is 5.82 Å². The van der Waals surface area contributed by atoms with Crippen LogP contribution >= 0.6 is 0 Å². The Morgan fingerprint density at radius 1 is 1.21 bits per heavy atom. The summed E-state index contributed by atoms with van der Waals surface area (Å²) in [7, 11) is 0. The Balaban J connectivity index is 1.34. The van der Waals surface area contributed by atoms with Crippen molar-refractivity contribution in [3.63, 3.8) is 0 Å². The summed E-state index contributed by atoms with van der Waals surface area (Å²) in [4.78, 5) is 16.7. The Hall–Kier alpha value is -2.96. The van der Waals surface area contributed by atoms with Gasteiger partial charge < -0.3 is 14.5 Å². The van der Waals surface area contributed by atoms with Gasteiger partial charge >= 0.3 is 0 Å². The maximum atomic E-state index is 12.4. The molecule has 28 heavy (non-hydrogen) atoms. The number of hydrogen-bond acceptors (Lipinski definition) is 4. The topological polar surface area (TPSA) is 77.6 Å². The highest BCUT2D eigenvalue weighted by molar-refractivity contribution is 5.76. The summed E-state index contributed by atoms with van der Waals surface area (Å²) in [6, 6.07) is 10.3. The van der Waals surface area contributed by atoms with Crippen molar-refractivity contribution in [3.8, 4) is 11.4 Å². The third kappa shape index (κ3) is 3.98. The van der Waals surface area contributed by atoms with E-state index in [4.69, 9.17) is 0 Å². The van der Waals surface area contributed by atoms with Gasteiger partial charge in [-0.2, -0.15) is 0 Å². The lowest BCUT2D eigenvalue weighted by Gasteiger charge is -2.16. The highest BCUT2D eigenvalue weighted by Gasteiger charge is 2.22. The van der Waals surface area contributed by atoms with Crippen molar-refractivity contribution in [2.45, 2.75) is 58.2 Å². The van der Waals surface area contributed by atoms with Gasteiger partial charge in [-0.3, -0.25) is 4.79 Å². The summed E-state index contributed by atoms with van der Waals surface area (Å²) in [5, 5.41) is 12.0. The number of nitrogens with one attached hydrogen (secondary N) is 1. The van der Waals surface area contributed by atoms with Gasteiger partial charge in [0.05, 0.1) is 0 Å². The summed E-state index contributed by atoms with van der Waals surface area (Å²) in [5.74, 6) is 3.03. The van der Waals surface area contributed by atoms with E-state index in [0.29, 0.717) is 13.0 Å². The fraction of sp³-hybridized carbons (Fsp3) is 0.429. The molecule has 0 bridgehead atoms. The van der Waals surface area contributed by atoms with Crippen LogP contribution in [0.1, 0.15) is 37.8 Å². The van der Waals surface area contributed by atoms with E-state index >= 15 is 0 Å². The molecule has 1 atom stereocenters. The number of aryl methyl sites for hydroxylation is 3. The lowest BCUT2D eigenvalue weighted by Crippen LogP contribution is -2.35. The number of fused-ring (bicyclic) bond motifs is 1. The number of hydrogen-bond donors (Lipinski definition) is 1. The molecule has 1 aliphatic rings. The van der Waals surface area contributed by atoms with Crippen LogP contribution in [0.2, 0.25) is 0 Å². The van der Waals surface area contributed by atoms with Crippen molar-refractivity contribution in [2.75, 3.05) is 0 Å². The quantitative estimate of drug-likeness (QED) is 0.715. The van der Waals surface area contributed by atoms with Crippen LogP contribution in [0.3, 0.4) is 0 Å². The molecule has 0 fully saturated rings. The number of aromatic nitrogens is 5. The molecule has 3 heterocycles. The number of carbonyl (C=O) groups excluding carboxylic acids is 1. The highest BCUT2D eigenvalue weighted by Crippen LogP contribution is 2.22. The molecule has 0 radical (unpaired) electrons.